The lowest BCUT2D eigenvalue weighted by molar-refractivity contribution is 0.369. The topological polar surface area (TPSA) is 41.5 Å². The van der Waals surface area contributed by atoms with Gasteiger partial charge in [0.2, 0.25) is 0 Å². The Morgan fingerprint density at radius 3 is 2.82 bits per heavy atom. The normalized spacial score (nSPS) is 12.4. The molecule has 0 amide bonds. The van der Waals surface area contributed by atoms with Crippen LogP contribution in [-0.2, 0) is 6.54 Å². The van der Waals surface area contributed by atoms with E-state index in [4.69, 9.17) is 4.74 Å². The van der Waals surface area contributed by atoms with Gasteiger partial charge in [-0.1, -0.05) is 19.1 Å². The SMILES string of the molecule is CCC(CSC)NCc1cccc(OC)c1O. The zero-order chi connectivity index (χ0) is 12.7. The van der Waals surface area contributed by atoms with Gasteiger partial charge in [-0.2, -0.15) is 11.8 Å². The lowest BCUT2D eigenvalue weighted by atomic mass is 10.1. The Balaban J connectivity index is 2.62. The van der Waals surface area contributed by atoms with Crippen LogP contribution >= 0.6 is 11.8 Å². The highest BCUT2D eigenvalue weighted by Crippen LogP contribution is 2.29. The Hall–Kier alpha value is -0.870. The predicted molar refractivity (Wildman–Crippen MR) is 74.0 cm³/mol. The highest BCUT2D eigenvalue weighted by molar-refractivity contribution is 7.98. The van der Waals surface area contributed by atoms with Gasteiger partial charge < -0.3 is 15.2 Å². The number of thioether (sulfide) groups is 1. The monoisotopic (exact) mass is 255 g/mol. The molecule has 0 radical (unpaired) electrons. The first-order valence-corrected chi connectivity index (χ1v) is 7.19. The molecule has 1 aromatic rings. The number of rotatable bonds is 7. The third-order valence-electron chi connectivity index (χ3n) is 2.74. The summed E-state index contributed by atoms with van der Waals surface area (Å²) in [7, 11) is 1.56. The molecule has 0 aliphatic rings. The number of methoxy groups -OCH3 is 1. The van der Waals surface area contributed by atoms with Crippen LogP contribution in [0.1, 0.15) is 18.9 Å². The third-order valence-corrected chi connectivity index (χ3v) is 3.48. The van der Waals surface area contributed by atoms with Crippen molar-refractivity contribution in [3.8, 4) is 11.5 Å². The van der Waals surface area contributed by atoms with Crippen LogP contribution in [-0.4, -0.2) is 30.3 Å². The average molecular weight is 255 g/mol. The number of nitrogens with one attached hydrogen (secondary N) is 1. The highest BCUT2D eigenvalue weighted by atomic mass is 32.2. The number of phenols is 1. The summed E-state index contributed by atoms with van der Waals surface area (Å²) in [5.74, 6) is 1.85. The van der Waals surface area contributed by atoms with E-state index < -0.39 is 0 Å². The summed E-state index contributed by atoms with van der Waals surface area (Å²) in [6.45, 7) is 2.83. The van der Waals surface area contributed by atoms with Crippen LogP contribution in [0.2, 0.25) is 0 Å². The minimum Gasteiger partial charge on any atom is -0.504 e. The lowest BCUT2D eigenvalue weighted by Crippen LogP contribution is -2.30. The van der Waals surface area contributed by atoms with Crippen molar-refractivity contribution in [2.75, 3.05) is 19.1 Å². The van der Waals surface area contributed by atoms with Crippen molar-refractivity contribution >= 4 is 11.8 Å². The quantitative estimate of drug-likeness (QED) is 0.786. The number of aromatic hydroxyl groups is 1. The van der Waals surface area contributed by atoms with Crippen molar-refractivity contribution < 1.29 is 9.84 Å². The summed E-state index contributed by atoms with van der Waals surface area (Å²) in [5, 5.41) is 13.4. The molecule has 1 aromatic carbocycles. The number of para-hydroxylation sites is 1. The minimum absolute atomic E-state index is 0.238. The molecule has 0 saturated carbocycles. The maximum atomic E-state index is 9.93. The first kappa shape index (κ1) is 14.2. The largest absolute Gasteiger partial charge is 0.504 e. The molecule has 1 rings (SSSR count). The Kier molecular flexibility index (Phi) is 6.22. The predicted octanol–water partition coefficient (Wildman–Crippen LogP) is 2.63. The van der Waals surface area contributed by atoms with Crippen LogP contribution in [0.3, 0.4) is 0 Å². The molecule has 0 heterocycles. The van der Waals surface area contributed by atoms with Crippen LogP contribution < -0.4 is 10.1 Å². The molecular formula is C13H21NO2S. The molecule has 96 valence electrons. The maximum Gasteiger partial charge on any atom is 0.162 e. The Bertz CT molecular complexity index is 344. The molecular weight excluding hydrogens is 234 g/mol. The van der Waals surface area contributed by atoms with Gasteiger partial charge in [0.15, 0.2) is 11.5 Å². The van der Waals surface area contributed by atoms with Crippen molar-refractivity contribution in [1.29, 1.82) is 0 Å². The van der Waals surface area contributed by atoms with Crippen molar-refractivity contribution in [2.45, 2.75) is 25.9 Å². The standard InChI is InChI=1S/C13H21NO2S/c1-4-11(9-17-3)14-8-10-6-5-7-12(16-2)13(10)15/h5-7,11,14-15H,4,8-9H2,1-3H3. The third kappa shape index (κ3) is 4.13. The molecule has 0 spiro atoms. The summed E-state index contributed by atoms with van der Waals surface area (Å²) >= 11 is 1.83. The molecule has 17 heavy (non-hydrogen) atoms. The fraction of sp³-hybridized carbons (Fsp3) is 0.538. The van der Waals surface area contributed by atoms with Crippen LogP contribution in [0, 0.1) is 0 Å². The zero-order valence-corrected chi connectivity index (χ0v) is 11.5. The van der Waals surface area contributed by atoms with Crippen molar-refractivity contribution in [1.82, 2.24) is 5.32 Å². The molecule has 4 heteroatoms. The lowest BCUT2D eigenvalue weighted by Gasteiger charge is -2.16. The summed E-state index contributed by atoms with van der Waals surface area (Å²) in [4.78, 5) is 0. The van der Waals surface area contributed by atoms with Gasteiger partial charge in [-0.15, -0.1) is 0 Å². The highest BCUT2D eigenvalue weighted by Gasteiger charge is 2.09. The molecule has 0 saturated heterocycles. The molecule has 2 N–H and O–H groups in total. The van der Waals surface area contributed by atoms with E-state index in [9.17, 15) is 5.11 Å². The van der Waals surface area contributed by atoms with E-state index in [0.717, 1.165) is 17.7 Å². The summed E-state index contributed by atoms with van der Waals surface area (Å²) in [6.07, 6.45) is 3.19. The smallest absolute Gasteiger partial charge is 0.162 e. The van der Waals surface area contributed by atoms with Crippen LogP contribution in [0.15, 0.2) is 18.2 Å². The molecule has 0 bridgehead atoms. The van der Waals surface area contributed by atoms with E-state index in [1.165, 1.54) is 0 Å². The fourth-order valence-corrected chi connectivity index (χ4v) is 2.41. The van der Waals surface area contributed by atoms with Gasteiger partial charge in [-0.25, -0.2) is 0 Å². The van der Waals surface area contributed by atoms with Crippen molar-refractivity contribution in [3.05, 3.63) is 23.8 Å². The van der Waals surface area contributed by atoms with Crippen LogP contribution in [0.4, 0.5) is 0 Å². The molecule has 3 nitrogen and oxygen atoms in total. The van der Waals surface area contributed by atoms with Gasteiger partial charge in [0.25, 0.3) is 0 Å². The van der Waals surface area contributed by atoms with Crippen LogP contribution in [0.5, 0.6) is 11.5 Å². The first-order chi connectivity index (χ1) is 8.22. The number of hydrogen-bond acceptors (Lipinski definition) is 4. The van der Waals surface area contributed by atoms with E-state index >= 15 is 0 Å². The second-order valence-corrected chi connectivity index (χ2v) is 4.82. The van der Waals surface area contributed by atoms with Gasteiger partial charge in [0.05, 0.1) is 7.11 Å². The number of benzene rings is 1. The molecule has 0 aliphatic heterocycles. The van der Waals surface area contributed by atoms with Gasteiger partial charge in [-0.3, -0.25) is 0 Å². The number of ether oxygens (including phenoxy) is 1. The minimum atomic E-state index is 0.238. The molecule has 0 aliphatic carbocycles. The van der Waals surface area contributed by atoms with E-state index in [-0.39, 0.29) is 5.75 Å². The van der Waals surface area contributed by atoms with Crippen LogP contribution in [0.25, 0.3) is 0 Å². The van der Waals surface area contributed by atoms with E-state index in [1.807, 2.05) is 23.9 Å². The number of hydrogen-bond donors (Lipinski definition) is 2. The van der Waals surface area contributed by atoms with Crippen molar-refractivity contribution in [2.24, 2.45) is 0 Å². The van der Waals surface area contributed by atoms with Gasteiger partial charge >= 0.3 is 0 Å². The average Bonchev–Trinajstić information content (AvgIpc) is 2.36. The van der Waals surface area contributed by atoms with E-state index in [1.54, 1.807) is 13.2 Å². The van der Waals surface area contributed by atoms with E-state index in [2.05, 4.69) is 18.5 Å². The molecule has 0 fully saturated rings. The molecule has 1 unspecified atom stereocenters. The van der Waals surface area contributed by atoms with Gasteiger partial charge in [-0.05, 0) is 18.7 Å². The second-order valence-electron chi connectivity index (χ2n) is 3.91. The first-order valence-electron chi connectivity index (χ1n) is 5.80. The van der Waals surface area contributed by atoms with E-state index in [0.29, 0.717) is 18.3 Å². The summed E-state index contributed by atoms with van der Waals surface area (Å²) in [5.41, 5.74) is 0.879. The summed E-state index contributed by atoms with van der Waals surface area (Å²) in [6, 6.07) is 6.05. The summed E-state index contributed by atoms with van der Waals surface area (Å²) < 4.78 is 5.08. The second kappa shape index (κ2) is 7.45. The maximum absolute atomic E-state index is 9.93. The Labute approximate surface area is 108 Å². The zero-order valence-electron chi connectivity index (χ0n) is 10.7. The van der Waals surface area contributed by atoms with Crippen molar-refractivity contribution in [3.63, 3.8) is 0 Å². The number of phenolic OH excluding ortho intramolecular Hbond substituents is 1. The van der Waals surface area contributed by atoms with Gasteiger partial charge in [0, 0.05) is 23.9 Å². The molecule has 0 aromatic heterocycles. The Morgan fingerprint density at radius 2 is 2.24 bits per heavy atom. The molecule has 1 atom stereocenters. The Morgan fingerprint density at radius 1 is 1.47 bits per heavy atom. The fourth-order valence-electron chi connectivity index (χ4n) is 1.65. The van der Waals surface area contributed by atoms with Gasteiger partial charge in [0.1, 0.15) is 0 Å².